The van der Waals surface area contributed by atoms with Crippen LogP contribution in [0.5, 0.6) is 0 Å². The molecule has 1 saturated heterocycles. The minimum absolute atomic E-state index is 0.0826. The lowest BCUT2D eigenvalue weighted by molar-refractivity contribution is 0.314. The monoisotopic (exact) mass is 305 g/mol. The van der Waals surface area contributed by atoms with Crippen molar-refractivity contribution < 1.29 is 8.42 Å². The van der Waals surface area contributed by atoms with Gasteiger partial charge in [0.05, 0.1) is 5.75 Å². The van der Waals surface area contributed by atoms with Crippen LogP contribution in [0.25, 0.3) is 0 Å². The largest absolute Gasteiger partial charge is 0.348 e. The highest BCUT2D eigenvalue weighted by atomic mass is 32.2. The molecule has 1 fully saturated rings. The predicted molar refractivity (Wildman–Crippen MR) is 81.2 cm³/mol. The van der Waals surface area contributed by atoms with Gasteiger partial charge in [-0.2, -0.15) is 0 Å². The molecule has 0 amide bonds. The van der Waals surface area contributed by atoms with Crippen LogP contribution >= 0.6 is 0 Å². The number of nitrogens with one attached hydrogen (secondary N) is 1. The molecule has 21 heavy (non-hydrogen) atoms. The molecule has 1 N–H and O–H groups in total. The molecule has 0 aliphatic carbocycles. The lowest BCUT2D eigenvalue weighted by atomic mass is 9.98. The predicted octanol–water partition coefficient (Wildman–Crippen LogP) is 2.12. The van der Waals surface area contributed by atoms with E-state index in [1.165, 1.54) is 0 Å². The number of H-pyrrole nitrogens is 1. The second-order valence-electron chi connectivity index (χ2n) is 5.39. The van der Waals surface area contributed by atoms with E-state index in [-0.39, 0.29) is 5.75 Å². The maximum Gasteiger partial charge on any atom is 0.218 e. The van der Waals surface area contributed by atoms with E-state index in [4.69, 9.17) is 0 Å². The summed E-state index contributed by atoms with van der Waals surface area (Å²) in [6.07, 6.45) is 5.20. The van der Waals surface area contributed by atoms with Crippen LogP contribution in [0.1, 0.15) is 30.1 Å². The van der Waals surface area contributed by atoms with E-state index in [0.29, 0.717) is 19.0 Å². The van der Waals surface area contributed by atoms with Crippen molar-refractivity contribution in [3.05, 3.63) is 54.1 Å². The number of nitrogens with zero attached hydrogens (tertiary/aromatic N) is 2. The molecule has 2 aromatic rings. The van der Waals surface area contributed by atoms with Crippen molar-refractivity contribution in [2.75, 3.05) is 13.1 Å². The van der Waals surface area contributed by atoms with Gasteiger partial charge in [-0.3, -0.25) is 0 Å². The Hall–Kier alpha value is -1.66. The molecule has 0 bridgehead atoms. The second kappa shape index (κ2) is 5.99. The van der Waals surface area contributed by atoms with Crippen LogP contribution in [-0.4, -0.2) is 35.8 Å². The second-order valence-corrected chi connectivity index (χ2v) is 7.36. The molecule has 0 atom stereocenters. The van der Waals surface area contributed by atoms with Crippen molar-refractivity contribution in [2.24, 2.45) is 0 Å². The van der Waals surface area contributed by atoms with Crippen molar-refractivity contribution in [1.29, 1.82) is 0 Å². The van der Waals surface area contributed by atoms with E-state index in [2.05, 4.69) is 9.97 Å². The molecule has 0 spiro atoms. The minimum Gasteiger partial charge on any atom is -0.348 e. The third-order valence-corrected chi connectivity index (χ3v) is 5.80. The van der Waals surface area contributed by atoms with Crippen LogP contribution in [0.4, 0.5) is 0 Å². The number of aromatic nitrogens is 2. The average molecular weight is 305 g/mol. The summed E-state index contributed by atoms with van der Waals surface area (Å²) in [4.78, 5) is 7.39. The zero-order chi connectivity index (χ0) is 14.7. The minimum atomic E-state index is -3.23. The number of piperidine rings is 1. The summed E-state index contributed by atoms with van der Waals surface area (Å²) in [6, 6.07) is 9.34. The number of imidazole rings is 1. The fourth-order valence-electron chi connectivity index (χ4n) is 2.78. The Labute approximate surface area is 125 Å². The van der Waals surface area contributed by atoms with Crippen LogP contribution in [0.3, 0.4) is 0 Å². The molecule has 112 valence electrons. The van der Waals surface area contributed by atoms with Crippen LogP contribution in [-0.2, 0) is 15.8 Å². The van der Waals surface area contributed by atoms with Gasteiger partial charge in [-0.15, -0.1) is 0 Å². The molecule has 2 heterocycles. The summed E-state index contributed by atoms with van der Waals surface area (Å²) < 4.78 is 26.5. The highest BCUT2D eigenvalue weighted by Gasteiger charge is 2.29. The molecule has 1 aromatic carbocycles. The van der Waals surface area contributed by atoms with Gasteiger partial charge in [0.1, 0.15) is 5.82 Å². The van der Waals surface area contributed by atoms with E-state index in [0.717, 1.165) is 24.2 Å². The van der Waals surface area contributed by atoms with Crippen LogP contribution in [0, 0.1) is 0 Å². The van der Waals surface area contributed by atoms with Gasteiger partial charge < -0.3 is 4.98 Å². The fraction of sp³-hybridized carbons (Fsp3) is 0.400. The van der Waals surface area contributed by atoms with E-state index in [9.17, 15) is 8.42 Å². The van der Waals surface area contributed by atoms with E-state index in [1.54, 1.807) is 10.5 Å². The van der Waals surface area contributed by atoms with Crippen molar-refractivity contribution >= 4 is 10.0 Å². The smallest absolute Gasteiger partial charge is 0.218 e. The zero-order valence-corrected chi connectivity index (χ0v) is 12.6. The summed E-state index contributed by atoms with van der Waals surface area (Å²) in [6.45, 7) is 1.14. The Kier molecular flexibility index (Phi) is 4.07. The number of hydrogen-bond donors (Lipinski definition) is 1. The van der Waals surface area contributed by atoms with Crippen LogP contribution in [0.15, 0.2) is 42.7 Å². The molecule has 0 radical (unpaired) electrons. The molecule has 1 aromatic heterocycles. The van der Waals surface area contributed by atoms with E-state index >= 15 is 0 Å². The quantitative estimate of drug-likeness (QED) is 0.941. The first-order chi connectivity index (χ1) is 10.1. The number of benzene rings is 1. The highest BCUT2D eigenvalue weighted by Crippen LogP contribution is 2.27. The summed E-state index contributed by atoms with van der Waals surface area (Å²) in [5.74, 6) is 1.39. The molecule has 1 aliphatic heterocycles. The van der Waals surface area contributed by atoms with Crippen LogP contribution < -0.4 is 0 Å². The first-order valence-corrected chi connectivity index (χ1v) is 8.77. The SMILES string of the molecule is O=S(=O)(Cc1ccccc1)N1CCC(c2ncc[nH]2)CC1. The van der Waals surface area contributed by atoms with Gasteiger partial charge in [0.15, 0.2) is 0 Å². The average Bonchev–Trinajstić information content (AvgIpc) is 3.02. The van der Waals surface area contributed by atoms with E-state index < -0.39 is 10.0 Å². The standard InChI is InChI=1S/C15H19N3O2S/c19-21(20,12-13-4-2-1-3-5-13)18-10-6-14(7-11-18)15-16-8-9-17-15/h1-5,8-9,14H,6-7,10-12H2,(H,16,17). The number of aromatic amines is 1. The maximum absolute atomic E-state index is 12.5. The van der Waals surface area contributed by atoms with Gasteiger partial charge >= 0.3 is 0 Å². The first kappa shape index (κ1) is 14.3. The lowest BCUT2D eigenvalue weighted by Crippen LogP contribution is -2.38. The van der Waals surface area contributed by atoms with Crippen molar-refractivity contribution in [2.45, 2.75) is 24.5 Å². The van der Waals surface area contributed by atoms with Gasteiger partial charge in [-0.1, -0.05) is 30.3 Å². The van der Waals surface area contributed by atoms with Crippen molar-refractivity contribution in [3.63, 3.8) is 0 Å². The normalized spacial score (nSPS) is 17.9. The molecule has 0 unspecified atom stereocenters. The Morgan fingerprint density at radius 3 is 2.52 bits per heavy atom. The number of sulfonamides is 1. The van der Waals surface area contributed by atoms with E-state index in [1.807, 2.05) is 36.5 Å². The fourth-order valence-corrected chi connectivity index (χ4v) is 4.35. The molecule has 5 nitrogen and oxygen atoms in total. The van der Waals surface area contributed by atoms with Gasteiger partial charge in [0.25, 0.3) is 0 Å². The zero-order valence-electron chi connectivity index (χ0n) is 11.8. The Morgan fingerprint density at radius 2 is 1.90 bits per heavy atom. The number of hydrogen-bond acceptors (Lipinski definition) is 3. The maximum atomic E-state index is 12.5. The van der Waals surface area contributed by atoms with Crippen LogP contribution in [0.2, 0.25) is 0 Å². The van der Waals surface area contributed by atoms with Gasteiger partial charge in [-0.25, -0.2) is 17.7 Å². The number of rotatable bonds is 4. The third kappa shape index (κ3) is 3.33. The molecule has 3 rings (SSSR count). The molecular formula is C15H19N3O2S. The molecule has 0 saturated carbocycles. The summed E-state index contributed by atoms with van der Waals surface area (Å²) >= 11 is 0. The van der Waals surface area contributed by atoms with Crippen molar-refractivity contribution in [3.8, 4) is 0 Å². The summed E-state index contributed by atoms with van der Waals surface area (Å²) in [7, 11) is -3.23. The molecular weight excluding hydrogens is 286 g/mol. The third-order valence-electron chi connectivity index (χ3n) is 3.95. The molecule has 1 aliphatic rings. The van der Waals surface area contributed by atoms with Gasteiger partial charge in [0, 0.05) is 31.4 Å². The Morgan fingerprint density at radius 1 is 1.19 bits per heavy atom. The van der Waals surface area contributed by atoms with Crippen molar-refractivity contribution in [1.82, 2.24) is 14.3 Å². The summed E-state index contributed by atoms with van der Waals surface area (Å²) in [5.41, 5.74) is 0.839. The van der Waals surface area contributed by atoms with Gasteiger partial charge in [-0.05, 0) is 18.4 Å². The highest BCUT2D eigenvalue weighted by molar-refractivity contribution is 7.88. The Balaban J connectivity index is 1.63. The van der Waals surface area contributed by atoms with Gasteiger partial charge in [0.2, 0.25) is 10.0 Å². The Bertz CT molecular complexity index is 660. The summed E-state index contributed by atoms with van der Waals surface area (Å²) in [5, 5.41) is 0. The first-order valence-electron chi connectivity index (χ1n) is 7.16. The molecule has 6 heteroatoms. The lowest BCUT2D eigenvalue weighted by Gasteiger charge is -2.30. The topological polar surface area (TPSA) is 66.1 Å².